The molecule has 0 aromatic carbocycles. The number of aliphatic hydroxyl groups excluding tert-OH is 1. The number of alkyl halides is 7. The second kappa shape index (κ2) is 3.52. The zero-order chi connectivity index (χ0) is 14.8. The highest BCUT2D eigenvalue weighted by Gasteiger charge is 2.87. The average molecular weight is 282 g/mol. The first-order valence-electron chi connectivity index (χ1n) is 5.12. The molecule has 108 valence electrons. The van der Waals surface area contributed by atoms with Crippen LogP contribution in [0, 0.1) is 11.3 Å². The Morgan fingerprint density at radius 3 is 1.56 bits per heavy atom. The first-order chi connectivity index (χ1) is 7.69. The molecular weight excluding hydrogens is 269 g/mol. The summed E-state index contributed by atoms with van der Waals surface area (Å²) in [4.78, 5) is 0. The molecule has 0 aromatic heterocycles. The van der Waals surface area contributed by atoms with Crippen LogP contribution in [0.4, 0.5) is 30.7 Å². The van der Waals surface area contributed by atoms with Gasteiger partial charge < -0.3 is 5.11 Å². The smallest absolute Gasteiger partial charge is 0.373 e. The Bertz CT molecular complexity index is 318. The summed E-state index contributed by atoms with van der Waals surface area (Å²) < 4.78 is 94.4. The van der Waals surface area contributed by atoms with Crippen molar-refractivity contribution in [2.24, 2.45) is 11.3 Å². The van der Waals surface area contributed by atoms with E-state index < -0.39 is 41.4 Å². The minimum Gasteiger partial charge on any atom is -0.396 e. The molecule has 1 aliphatic rings. The third kappa shape index (κ3) is 1.32. The van der Waals surface area contributed by atoms with E-state index in [-0.39, 0.29) is 0 Å². The summed E-state index contributed by atoms with van der Waals surface area (Å²) >= 11 is 0. The van der Waals surface area contributed by atoms with Gasteiger partial charge in [0.05, 0.1) is 17.9 Å². The van der Waals surface area contributed by atoms with Crippen molar-refractivity contribution in [3.05, 3.63) is 0 Å². The monoisotopic (exact) mass is 282 g/mol. The molecule has 18 heavy (non-hydrogen) atoms. The summed E-state index contributed by atoms with van der Waals surface area (Å²) in [5.74, 6) is -19.2. The fraction of sp³-hybridized carbons (Fsp3) is 1.00. The Morgan fingerprint density at radius 1 is 0.833 bits per heavy atom. The van der Waals surface area contributed by atoms with Crippen LogP contribution in [0.15, 0.2) is 0 Å². The lowest BCUT2D eigenvalue weighted by Crippen LogP contribution is -2.76. The molecular formula is C10H13F7O. The zero-order valence-electron chi connectivity index (χ0n) is 9.88. The lowest BCUT2D eigenvalue weighted by molar-refractivity contribution is -0.413. The van der Waals surface area contributed by atoms with E-state index in [1.54, 1.807) is 0 Å². The Hall–Kier alpha value is -0.530. The molecule has 0 heterocycles. The van der Waals surface area contributed by atoms with E-state index in [1.165, 1.54) is 0 Å². The summed E-state index contributed by atoms with van der Waals surface area (Å²) in [5.41, 5.74) is -6.42. The maximum Gasteiger partial charge on any atom is 0.373 e. The largest absolute Gasteiger partial charge is 0.396 e. The van der Waals surface area contributed by atoms with Crippen LogP contribution < -0.4 is 0 Å². The minimum absolute atomic E-state index is 0.380. The van der Waals surface area contributed by atoms with Crippen LogP contribution in [0.2, 0.25) is 0 Å². The molecule has 2 atom stereocenters. The highest BCUT2D eigenvalue weighted by atomic mass is 19.3. The average Bonchev–Trinajstić information content (AvgIpc) is 2.15. The molecule has 0 radical (unpaired) electrons. The SMILES string of the molecule is CC1(F)C(CO)C(F)(F)C(F)(F)C(F)(F)C1(C)C. The van der Waals surface area contributed by atoms with Gasteiger partial charge in [0.1, 0.15) is 5.67 Å². The van der Waals surface area contributed by atoms with Crippen LogP contribution >= 0.6 is 0 Å². The van der Waals surface area contributed by atoms with Gasteiger partial charge in [-0.3, -0.25) is 0 Å². The van der Waals surface area contributed by atoms with Crippen molar-refractivity contribution >= 4 is 0 Å². The maximum absolute atomic E-state index is 14.2. The van der Waals surface area contributed by atoms with Gasteiger partial charge in [0.15, 0.2) is 0 Å². The van der Waals surface area contributed by atoms with Gasteiger partial charge in [-0.15, -0.1) is 0 Å². The summed E-state index contributed by atoms with van der Waals surface area (Å²) in [5, 5.41) is 8.70. The number of rotatable bonds is 1. The zero-order valence-corrected chi connectivity index (χ0v) is 9.88. The quantitative estimate of drug-likeness (QED) is 0.732. The van der Waals surface area contributed by atoms with Gasteiger partial charge in [0.2, 0.25) is 0 Å². The second-order valence-electron chi connectivity index (χ2n) is 5.21. The standard InChI is InChI=1S/C10H13F7O/c1-6(2)7(3,11)5(4-18)8(12,13)10(16,17)9(6,14)15/h5,18H,4H2,1-3H3. The number of halogens is 7. The molecule has 0 aromatic rings. The third-order valence-corrected chi connectivity index (χ3v) is 4.09. The van der Waals surface area contributed by atoms with E-state index >= 15 is 0 Å². The Labute approximate surface area is 99.0 Å². The fourth-order valence-electron chi connectivity index (χ4n) is 2.19. The van der Waals surface area contributed by atoms with Crippen molar-refractivity contribution in [1.29, 1.82) is 0 Å². The summed E-state index contributed by atoms with van der Waals surface area (Å²) in [7, 11) is 0. The van der Waals surface area contributed by atoms with E-state index in [0.29, 0.717) is 20.8 Å². The van der Waals surface area contributed by atoms with Gasteiger partial charge >= 0.3 is 17.8 Å². The van der Waals surface area contributed by atoms with Gasteiger partial charge in [0.25, 0.3) is 0 Å². The van der Waals surface area contributed by atoms with Crippen molar-refractivity contribution in [2.45, 2.75) is 44.2 Å². The van der Waals surface area contributed by atoms with Gasteiger partial charge in [0, 0.05) is 0 Å². The van der Waals surface area contributed by atoms with E-state index in [1.807, 2.05) is 0 Å². The summed E-state index contributed by atoms with van der Waals surface area (Å²) in [6.07, 6.45) is 0. The lowest BCUT2D eigenvalue weighted by Gasteiger charge is -2.56. The Kier molecular flexibility index (Phi) is 3.04. The third-order valence-electron chi connectivity index (χ3n) is 4.09. The van der Waals surface area contributed by atoms with Crippen LogP contribution in [0.25, 0.3) is 0 Å². The van der Waals surface area contributed by atoms with Gasteiger partial charge in [-0.05, 0) is 6.92 Å². The molecule has 1 rings (SSSR count). The van der Waals surface area contributed by atoms with E-state index in [2.05, 4.69) is 0 Å². The molecule has 0 spiro atoms. The molecule has 0 amide bonds. The van der Waals surface area contributed by atoms with Crippen LogP contribution in [0.3, 0.4) is 0 Å². The topological polar surface area (TPSA) is 20.2 Å². The molecule has 0 bridgehead atoms. The highest BCUT2D eigenvalue weighted by Crippen LogP contribution is 2.67. The molecule has 2 unspecified atom stereocenters. The highest BCUT2D eigenvalue weighted by molar-refractivity contribution is 5.20. The predicted octanol–water partition coefficient (Wildman–Crippen LogP) is 3.27. The van der Waals surface area contributed by atoms with Gasteiger partial charge in [-0.25, -0.2) is 4.39 Å². The second-order valence-corrected chi connectivity index (χ2v) is 5.21. The summed E-state index contributed by atoms with van der Waals surface area (Å²) in [6, 6.07) is 0. The molecule has 1 saturated carbocycles. The molecule has 1 nitrogen and oxygen atoms in total. The maximum atomic E-state index is 14.2. The normalized spacial score (nSPS) is 40.5. The van der Waals surface area contributed by atoms with E-state index in [0.717, 1.165) is 0 Å². The van der Waals surface area contributed by atoms with Crippen molar-refractivity contribution in [3.8, 4) is 0 Å². The molecule has 8 heteroatoms. The molecule has 0 saturated heterocycles. The summed E-state index contributed by atoms with van der Waals surface area (Å²) in [6.45, 7) is -0.391. The van der Waals surface area contributed by atoms with Crippen molar-refractivity contribution in [3.63, 3.8) is 0 Å². The molecule has 0 aliphatic heterocycles. The first kappa shape index (κ1) is 15.5. The van der Waals surface area contributed by atoms with Crippen molar-refractivity contribution < 1.29 is 35.8 Å². The van der Waals surface area contributed by atoms with E-state index in [4.69, 9.17) is 5.11 Å². The molecule has 1 N–H and O–H groups in total. The van der Waals surface area contributed by atoms with Crippen LogP contribution in [-0.4, -0.2) is 35.1 Å². The number of hydrogen-bond donors (Lipinski definition) is 1. The number of aliphatic hydroxyl groups is 1. The van der Waals surface area contributed by atoms with Crippen molar-refractivity contribution in [2.75, 3.05) is 6.61 Å². The van der Waals surface area contributed by atoms with Crippen molar-refractivity contribution in [1.82, 2.24) is 0 Å². The van der Waals surface area contributed by atoms with Crippen LogP contribution in [0.1, 0.15) is 20.8 Å². The Morgan fingerprint density at radius 2 is 1.22 bits per heavy atom. The number of hydrogen-bond acceptors (Lipinski definition) is 1. The lowest BCUT2D eigenvalue weighted by atomic mass is 9.57. The van der Waals surface area contributed by atoms with E-state index in [9.17, 15) is 30.7 Å². The fourth-order valence-corrected chi connectivity index (χ4v) is 2.19. The minimum atomic E-state index is -5.73. The van der Waals surface area contributed by atoms with Gasteiger partial charge in [-0.1, -0.05) is 13.8 Å². The van der Waals surface area contributed by atoms with Gasteiger partial charge in [-0.2, -0.15) is 26.3 Å². The van der Waals surface area contributed by atoms with Crippen LogP contribution in [-0.2, 0) is 0 Å². The molecule has 1 aliphatic carbocycles. The predicted molar refractivity (Wildman–Crippen MR) is 48.7 cm³/mol. The molecule has 1 fully saturated rings. The Balaban J connectivity index is 3.59. The van der Waals surface area contributed by atoms with Crippen LogP contribution in [0.5, 0.6) is 0 Å². The first-order valence-corrected chi connectivity index (χ1v) is 5.12.